The fourth-order valence-electron chi connectivity index (χ4n) is 2.31. The summed E-state index contributed by atoms with van der Waals surface area (Å²) in [4.78, 5) is 35.4. The number of aliphatic carboxylic acids is 1. The van der Waals surface area contributed by atoms with Gasteiger partial charge in [-0.3, -0.25) is 14.4 Å². The molecule has 1 aliphatic heterocycles. The van der Waals surface area contributed by atoms with Crippen LogP contribution in [0.2, 0.25) is 0 Å². The van der Waals surface area contributed by atoms with Crippen LogP contribution in [0.4, 0.5) is 0 Å². The summed E-state index contributed by atoms with van der Waals surface area (Å²) in [6.07, 6.45) is 3.08. The number of hydrogen-bond donors (Lipinski definition) is 2. The third-order valence-electron chi connectivity index (χ3n) is 3.50. The molecule has 6 heteroatoms. The van der Waals surface area contributed by atoms with Crippen molar-refractivity contribution in [1.82, 2.24) is 10.2 Å². The summed E-state index contributed by atoms with van der Waals surface area (Å²) in [6, 6.07) is 0. The molecule has 6 nitrogen and oxygen atoms in total. The maximum atomic E-state index is 11.9. The Kier molecular flexibility index (Phi) is 6.32. The largest absolute Gasteiger partial charge is 0.481 e. The number of piperidine rings is 1. The van der Waals surface area contributed by atoms with Crippen molar-refractivity contribution in [3.05, 3.63) is 0 Å². The zero-order chi connectivity index (χ0) is 14.3. The van der Waals surface area contributed by atoms with Gasteiger partial charge in [-0.05, 0) is 25.7 Å². The van der Waals surface area contributed by atoms with Gasteiger partial charge < -0.3 is 15.3 Å². The van der Waals surface area contributed by atoms with E-state index in [0.717, 1.165) is 0 Å². The average Bonchev–Trinajstić information content (AvgIpc) is 2.42. The number of amides is 2. The van der Waals surface area contributed by atoms with Crippen molar-refractivity contribution in [2.45, 2.75) is 38.5 Å². The zero-order valence-corrected chi connectivity index (χ0v) is 11.4. The van der Waals surface area contributed by atoms with Crippen LogP contribution in [-0.4, -0.2) is 47.9 Å². The maximum Gasteiger partial charge on any atom is 0.303 e. The van der Waals surface area contributed by atoms with Gasteiger partial charge in [0.05, 0.1) is 0 Å². The monoisotopic (exact) mass is 270 g/mol. The number of unbranched alkanes of at least 4 members (excludes halogenated alkanes) is 1. The minimum Gasteiger partial charge on any atom is -0.481 e. The molecule has 0 aliphatic carbocycles. The van der Waals surface area contributed by atoms with Crippen molar-refractivity contribution in [2.24, 2.45) is 5.92 Å². The van der Waals surface area contributed by atoms with E-state index >= 15 is 0 Å². The SMILES string of the molecule is CNC(=O)C1CCN(C(=O)CCCCC(=O)O)CC1. The Morgan fingerprint density at radius 3 is 2.26 bits per heavy atom. The average molecular weight is 270 g/mol. The molecule has 1 heterocycles. The predicted octanol–water partition coefficient (Wildman–Crippen LogP) is 0.616. The fraction of sp³-hybridized carbons (Fsp3) is 0.769. The van der Waals surface area contributed by atoms with E-state index in [1.165, 1.54) is 0 Å². The first-order chi connectivity index (χ1) is 9.04. The number of nitrogens with zero attached hydrogens (tertiary/aromatic N) is 1. The van der Waals surface area contributed by atoms with Gasteiger partial charge in [0.2, 0.25) is 11.8 Å². The van der Waals surface area contributed by atoms with Crippen molar-refractivity contribution in [2.75, 3.05) is 20.1 Å². The van der Waals surface area contributed by atoms with Crippen molar-refractivity contribution in [1.29, 1.82) is 0 Å². The molecule has 108 valence electrons. The Labute approximate surface area is 113 Å². The number of rotatable bonds is 6. The van der Waals surface area contributed by atoms with E-state index in [1.807, 2.05) is 0 Å². The highest BCUT2D eigenvalue weighted by molar-refractivity contribution is 5.79. The van der Waals surface area contributed by atoms with Gasteiger partial charge in [0.1, 0.15) is 0 Å². The van der Waals surface area contributed by atoms with Crippen molar-refractivity contribution in [3.63, 3.8) is 0 Å². The van der Waals surface area contributed by atoms with Crippen LogP contribution in [-0.2, 0) is 14.4 Å². The highest BCUT2D eigenvalue weighted by atomic mass is 16.4. The molecule has 0 spiro atoms. The zero-order valence-electron chi connectivity index (χ0n) is 11.4. The minimum absolute atomic E-state index is 0.0149. The van der Waals surface area contributed by atoms with Gasteiger partial charge >= 0.3 is 5.97 Å². The number of hydrogen-bond acceptors (Lipinski definition) is 3. The van der Waals surface area contributed by atoms with Gasteiger partial charge in [-0.15, -0.1) is 0 Å². The fourth-order valence-corrected chi connectivity index (χ4v) is 2.31. The molecule has 19 heavy (non-hydrogen) atoms. The molecule has 1 aliphatic rings. The summed E-state index contributed by atoms with van der Waals surface area (Å²) in [5.74, 6) is -0.686. The first-order valence-electron chi connectivity index (χ1n) is 6.75. The van der Waals surface area contributed by atoms with Crippen LogP contribution in [0.25, 0.3) is 0 Å². The van der Waals surface area contributed by atoms with E-state index in [1.54, 1.807) is 11.9 Å². The van der Waals surface area contributed by atoms with Gasteiger partial charge in [-0.2, -0.15) is 0 Å². The Hall–Kier alpha value is -1.59. The van der Waals surface area contributed by atoms with Crippen LogP contribution in [0.3, 0.4) is 0 Å². The number of carboxylic acid groups (broad SMARTS) is 1. The number of carbonyl (C=O) groups is 3. The predicted molar refractivity (Wildman–Crippen MR) is 69.5 cm³/mol. The molecule has 1 fully saturated rings. The third-order valence-corrected chi connectivity index (χ3v) is 3.50. The Morgan fingerprint density at radius 2 is 1.74 bits per heavy atom. The number of likely N-dealkylation sites (tertiary alicyclic amines) is 1. The summed E-state index contributed by atoms with van der Waals surface area (Å²) < 4.78 is 0. The Balaban J connectivity index is 2.21. The summed E-state index contributed by atoms with van der Waals surface area (Å²) in [7, 11) is 1.63. The van der Waals surface area contributed by atoms with Crippen LogP contribution < -0.4 is 5.32 Å². The molecule has 2 amide bonds. The van der Waals surface area contributed by atoms with Crippen LogP contribution in [0.1, 0.15) is 38.5 Å². The molecule has 0 atom stereocenters. The van der Waals surface area contributed by atoms with Crippen LogP contribution in [0.15, 0.2) is 0 Å². The number of carboxylic acids is 1. The lowest BCUT2D eigenvalue weighted by molar-refractivity contribution is -0.138. The second-order valence-corrected chi connectivity index (χ2v) is 4.87. The number of carbonyl (C=O) groups excluding carboxylic acids is 2. The molecule has 2 N–H and O–H groups in total. The second-order valence-electron chi connectivity index (χ2n) is 4.87. The lowest BCUT2D eigenvalue weighted by Crippen LogP contribution is -2.42. The first kappa shape index (κ1) is 15.5. The van der Waals surface area contributed by atoms with E-state index in [9.17, 15) is 14.4 Å². The Bertz CT molecular complexity index is 336. The summed E-state index contributed by atoms with van der Waals surface area (Å²) in [5, 5.41) is 11.1. The Morgan fingerprint density at radius 1 is 1.16 bits per heavy atom. The number of nitrogens with one attached hydrogen (secondary N) is 1. The smallest absolute Gasteiger partial charge is 0.303 e. The van der Waals surface area contributed by atoms with Gasteiger partial charge in [0.15, 0.2) is 0 Å². The molecular weight excluding hydrogens is 248 g/mol. The molecule has 0 bridgehead atoms. The van der Waals surface area contributed by atoms with Crippen LogP contribution >= 0.6 is 0 Å². The van der Waals surface area contributed by atoms with Crippen molar-refractivity contribution in [3.8, 4) is 0 Å². The topological polar surface area (TPSA) is 86.7 Å². The molecule has 0 aromatic rings. The first-order valence-corrected chi connectivity index (χ1v) is 6.75. The molecule has 0 aromatic heterocycles. The molecule has 0 radical (unpaired) electrons. The standard InChI is InChI=1S/C13H22N2O4/c1-14-13(19)10-6-8-15(9-7-10)11(16)4-2-3-5-12(17)18/h10H,2-9H2,1H3,(H,14,19)(H,17,18). The molecule has 0 aromatic carbocycles. The van der Waals surface area contributed by atoms with E-state index in [-0.39, 0.29) is 24.2 Å². The highest BCUT2D eigenvalue weighted by Gasteiger charge is 2.26. The van der Waals surface area contributed by atoms with E-state index in [4.69, 9.17) is 5.11 Å². The van der Waals surface area contributed by atoms with E-state index in [2.05, 4.69) is 5.32 Å². The van der Waals surface area contributed by atoms with Crippen LogP contribution in [0, 0.1) is 5.92 Å². The lowest BCUT2D eigenvalue weighted by Gasteiger charge is -2.31. The minimum atomic E-state index is -0.821. The third kappa shape index (κ3) is 5.28. The van der Waals surface area contributed by atoms with Gasteiger partial charge in [0, 0.05) is 38.9 Å². The quantitative estimate of drug-likeness (QED) is 0.693. The lowest BCUT2D eigenvalue weighted by atomic mass is 9.95. The summed E-state index contributed by atoms with van der Waals surface area (Å²) in [5.41, 5.74) is 0. The van der Waals surface area contributed by atoms with E-state index < -0.39 is 5.97 Å². The second kappa shape index (κ2) is 7.76. The molecule has 0 saturated carbocycles. The molecular formula is C13H22N2O4. The summed E-state index contributed by atoms with van der Waals surface area (Å²) in [6.45, 7) is 1.24. The molecule has 1 saturated heterocycles. The van der Waals surface area contributed by atoms with Crippen molar-refractivity contribution >= 4 is 17.8 Å². The van der Waals surface area contributed by atoms with E-state index in [0.29, 0.717) is 45.2 Å². The molecule has 1 rings (SSSR count). The highest BCUT2D eigenvalue weighted by Crippen LogP contribution is 2.18. The van der Waals surface area contributed by atoms with Crippen LogP contribution in [0.5, 0.6) is 0 Å². The van der Waals surface area contributed by atoms with Gasteiger partial charge in [0.25, 0.3) is 0 Å². The maximum absolute atomic E-state index is 11.9. The molecule has 0 unspecified atom stereocenters. The van der Waals surface area contributed by atoms with Crippen molar-refractivity contribution < 1.29 is 19.5 Å². The van der Waals surface area contributed by atoms with Gasteiger partial charge in [-0.25, -0.2) is 0 Å². The summed E-state index contributed by atoms with van der Waals surface area (Å²) >= 11 is 0. The normalized spacial score (nSPS) is 16.2. The van der Waals surface area contributed by atoms with Gasteiger partial charge in [-0.1, -0.05) is 0 Å².